The Morgan fingerprint density at radius 3 is 2.53 bits per heavy atom. The van der Waals surface area contributed by atoms with Crippen LogP contribution in [0.4, 0.5) is 0 Å². The molecule has 32 heavy (non-hydrogen) atoms. The third-order valence-electron chi connectivity index (χ3n) is 5.66. The fourth-order valence-electron chi connectivity index (χ4n) is 3.75. The number of fused-ring (bicyclic) bond motifs is 2. The molecule has 0 unspecified atom stereocenters. The number of benzene rings is 2. The molecule has 7 heteroatoms. The van der Waals surface area contributed by atoms with Crippen molar-refractivity contribution in [2.24, 2.45) is 0 Å². The van der Waals surface area contributed by atoms with Gasteiger partial charge in [0.15, 0.2) is 0 Å². The minimum Gasteiger partial charge on any atom is -0.497 e. The molecule has 0 amide bonds. The van der Waals surface area contributed by atoms with Crippen molar-refractivity contribution in [3.63, 3.8) is 0 Å². The predicted molar refractivity (Wildman–Crippen MR) is 127 cm³/mol. The molecular formula is C25H20N2O4S. The molecule has 2 aromatic carbocycles. The average molecular weight is 445 g/mol. The number of aryl methyl sites for hydroxylation is 2. The lowest BCUT2D eigenvalue weighted by atomic mass is 10.0. The molecule has 3 aromatic heterocycles. The Morgan fingerprint density at radius 1 is 1.03 bits per heavy atom. The smallest absolute Gasteiger partial charge is 0.336 e. The van der Waals surface area contributed by atoms with E-state index >= 15 is 0 Å². The van der Waals surface area contributed by atoms with Gasteiger partial charge >= 0.3 is 5.63 Å². The van der Waals surface area contributed by atoms with Crippen LogP contribution in [0.25, 0.3) is 31.6 Å². The minimum absolute atomic E-state index is 0.134. The van der Waals surface area contributed by atoms with E-state index in [0.29, 0.717) is 15.8 Å². The zero-order valence-electron chi connectivity index (χ0n) is 17.8. The Balaban J connectivity index is 1.58. The lowest BCUT2D eigenvalue weighted by Crippen LogP contribution is -2.21. The first-order valence-electron chi connectivity index (χ1n) is 10.1. The van der Waals surface area contributed by atoms with E-state index in [9.17, 15) is 9.59 Å². The molecule has 0 saturated carbocycles. The number of rotatable bonds is 4. The molecule has 5 aromatic rings. The molecule has 6 nitrogen and oxygen atoms in total. The van der Waals surface area contributed by atoms with E-state index in [-0.39, 0.29) is 12.1 Å². The van der Waals surface area contributed by atoms with Crippen LogP contribution in [0.2, 0.25) is 0 Å². The zero-order valence-corrected chi connectivity index (χ0v) is 18.7. The second-order valence-electron chi connectivity index (χ2n) is 7.75. The van der Waals surface area contributed by atoms with Crippen LogP contribution in [0.5, 0.6) is 5.75 Å². The van der Waals surface area contributed by atoms with Gasteiger partial charge in [0.05, 0.1) is 25.5 Å². The second-order valence-corrected chi connectivity index (χ2v) is 8.81. The number of hydrogen-bond acceptors (Lipinski definition) is 6. The summed E-state index contributed by atoms with van der Waals surface area (Å²) in [5.74, 6) is 0.778. The summed E-state index contributed by atoms with van der Waals surface area (Å²) in [5.41, 5.74) is 4.48. The Bertz CT molecular complexity index is 1590. The minimum atomic E-state index is -0.434. The molecule has 0 atom stereocenters. The first-order valence-corrected chi connectivity index (χ1v) is 10.9. The van der Waals surface area contributed by atoms with E-state index in [4.69, 9.17) is 9.15 Å². The molecule has 0 fully saturated rings. The van der Waals surface area contributed by atoms with Crippen molar-refractivity contribution >= 4 is 32.5 Å². The van der Waals surface area contributed by atoms with E-state index in [1.807, 2.05) is 56.3 Å². The average Bonchev–Trinajstić information content (AvgIpc) is 3.22. The van der Waals surface area contributed by atoms with Gasteiger partial charge in [-0.1, -0.05) is 0 Å². The van der Waals surface area contributed by atoms with Crippen molar-refractivity contribution < 1.29 is 9.15 Å². The van der Waals surface area contributed by atoms with Crippen molar-refractivity contribution in [1.29, 1.82) is 0 Å². The standard InChI is InChI=1S/C25H20N2O4S/c1-14-8-19-17(10-23(28)31-21(19)9-15(14)2)12-27-13-26-20-11-22(32-24(20)25(27)29)16-4-6-18(30-3)7-5-16/h4-11,13H,12H2,1-3H3. The Hall–Kier alpha value is -3.71. The van der Waals surface area contributed by atoms with Gasteiger partial charge in [0.25, 0.3) is 5.56 Å². The number of hydrogen-bond donors (Lipinski definition) is 0. The van der Waals surface area contributed by atoms with Crippen LogP contribution in [0.1, 0.15) is 16.7 Å². The quantitative estimate of drug-likeness (QED) is 0.369. The van der Waals surface area contributed by atoms with Crippen LogP contribution in [-0.2, 0) is 6.54 Å². The fourth-order valence-corrected chi connectivity index (χ4v) is 4.82. The summed E-state index contributed by atoms with van der Waals surface area (Å²) in [6.45, 7) is 4.22. The highest BCUT2D eigenvalue weighted by atomic mass is 32.1. The summed E-state index contributed by atoms with van der Waals surface area (Å²) >= 11 is 1.41. The first-order chi connectivity index (χ1) is 15.4. The van der Waals surface area contributed by atoms with Gasteiger partial charge in [-0.2, -0.15) is 0 Å². The number of nitrogens with zero attached hydrogens (tertiary/aromatic N) is 2. The molecule has 0 aliphatic rings. The maximum Gasteiger partial charge on any atom is 0.336 e. The topological polar surface area (TPSA) is 74.3 Å². The lowest BCUT2D eigenvalue weighted by molar-refractivity contribution is 0.415. The van der Waals surface area contributed by atoms with Gasteiger partial charge in [0.2, 0.25) is 0 Å². The maximum atomic E-state index is 13.2. The van der Waals surface area contributed by atoms with Gasteiger partial charge in [-0.25, -0.2) is 9.78 Å². The summed E-state index contributed by atoms with van der Waals surface area (Å²) < 4.78 is 12.7. The van der Waals surface area contributed by atoms with Gasteiger partial charge in [0.1, 0.15) is 16.0 Å². The summed E-state index contributed by atoms with van der Waals surface area (Å²) in [6, 6.07) is 14.9. The second kappa shape index (κ2) is 7.76. The first kappa shape index (κ1) is 20.2. The number of methoxy groups -OCH3 is 1. The molecule has 0 saturated heterocycles. The van der Waals surface area contributed by atoms with Gasteiger partial charge < -0.3 is 9.15 Å². The summed E-state index contributed by atoms with van der Waals surface area (Å²) in [7, 11) is 1.63. The largest absolute Gasteiger partial charge is 0.497 e. The number of thiophene rings is 1. The van der Waals surface area contributed by atoms with Crippen LogP contribution >= 0.6 is 11.3 Å². The highest BCUT2D eigenvalue weighted by Crippen LogP contribution is 2.32. The molecule has 0 aliphatic heterocycles. The van der Waals surface area contributed by atoms with Crippen molar-refractivity contribution in [2.75, 3.05) is 7.11 Å². The van der Waals surface area contributed by atoms with E-state index in [0.717, 1.165) is 38.3 Å². The van der Waals surface area contributed by atoms with Crippen LogP contribution in [0.15, 0.2) is 68.9 Å². The molecule has 0 radical (unpaired) electrons. The van der Waals surface area contributed by atoms with E-state index in [1.165, 1.54) is 23.7 Å². The van der Waals surface area contributed by atoms with E-state index < -0.39 is 5.63 Å². The number of ether oxygens (including phenoxy) is 1. The van der Waals surface area contributed by atoms with E-state index in [2.05, 4.69) is 4.98 Å². The highest BCUT2D eigenvalue weighted by molar-refractivity contribution is 7.22. The molecular weight excluding hydrogens is 424 g/mol. The predicted octanol–water partition coefficient (Wildman–Crippen LogP) is 4.91. The van der Waals surface area contributed by atoms with Gasteiger partial charge in [-0.05, 0) is 78.6 Å². The van der Waals surface area contributed by atoms with Crippen molar-refractivity contribution in [1.82, 2.24) is 9.55 Å². The molecule has 160 valence electrons. The normalized spacial score (nSPS) is 11.3. The molecule has 5 rings (SSSR count). The SMILES string of the molecule is COc1ccc(-c2cc3ncn(Cc4cc(=O)oc5cc(C)c(C)cc45)c(=O)c3s2)cc1. The lowest BCUT2D eigenvalue weighted by Gasteiger charge is -2.09. The molecule has 0 aliphatic carbocycles. The van der Waals surface area contributed by atoms with Crippen molar-refractivity contribution in [2.45, 2.75) is 20.4 Å². The van der Waals surface area contributed by atoms with Gasteiger partial charge in [-0.3, -0.25) is 9.36 Å². The third-order valence-corrected chi connectivity index (χ3v) is 6.82. The van der Waals surface area contributed by atoms with Crippen LogP contribution < -0.4 is 15.9 Å². The molecule has 0 N–H and O–H groups in total. The summed E-state index contributed by atoms with van der Waals surface area (Å²) in [4.78, 5) is 30.8. The van der Waals surface area contributed by atoms with Gasteiger partial charge in [-0.15, -0.1) is 11.3 Å². The maximum absolute atomic E-state index is 13.2. The van der Waals surface area contributed by atoms with Crippen molar-refractivity contribution in [3.8, 4) is 16.2 Å². The van der Waals surface area contributed by atoms with Crippen molar-refractivity contribution in [3.05, 3.63) is 92.3 Å². The van der Waals surface area contributed by atoms with E-state index in [1.54, 1.807) is 11.7 Å². The molecule has 0 bridgehead atoms. The Labute approximate surface area is 187 Å². The fraction of sp³-hybridized carbons (Fsp3) is 0.160. The molecule has 3 heterocycles. The number of aromatic nitrogens is 2. The summed E-state index contributed by atoms with van der Waals surface area (Å²) in [6.07, 6.45) is 1.54. The Morgan fingerprint density at radius 2 is 1.78 bits per heavy atom. The highest BCUT2D eigenvalue weighted by Gasteiger charge is 2.13. The van der Waals surface area contributed by atoms with Crippen LogP contribution in [0.3, 0.4) is 0 Å². The molecule has 0 spiro atoms. The Kier molecular flexibility index (Phi) is 4.90. The third kappa shape index (κ3) is 3.50. The monoisotopic (exact) mass is 444 g/mol. The summed E-state index contributed by atoms with van der Waals surface area (Å²) in [5, 5.41) is 0.824. The van der Waals surface area contributed by atoms with Gasteiger partial charge in [0, 0.05) is 16.3 Å². The van der Waals surface area contributed by atoms with Crippen LogP contribution in [-0.4, -0.2) is 16.7 Å². The van der Waals surface area contributed by atoms with Crippen LogP contribution in [0, 0.1) is 13.8 Å². The zero-order chi connectivity index (χ0) is 22.4.